The minimum atomic E-state index is -4.83. The highest BCUT2D eigenvalue weighted by molar-refractivity contribution is 7.92. The topological polar surface area (TPSA) is 86.6 Å². The lowest BCUT2D eigenvalue weighted by molar-refractivity contribution is -0.136. The Morgan fingerprint density at radius 2 is 1.57 bits per heavy atom. The Morgan fingerprint density at radius 1 is 0.967 bits per heavy atom. The molecule has 0 fully saturated rings. The van der Waals surface area contributed by atoms with Crippen molar-refractivity contribution < 1.29 is 31.1 Å². The van der Waals surface area contributed by atoms with Crippen LogP contribution < -0.4 is 19.8 Å². The van der Waals surface area contributed by atoms with E-state index in [0.29, 0.717) is 17.6 Å². The molecule has 0 aliphatic heterocycles. The lowest BCUT2D eigenvalue weighted by atomic mass is 10.1. The number of fused-ring (bicyclic) bond motifs is 1. The van der Waals surface area contributed by atoms with Gasteiger partial charge in [0.25, 0.3) is 15.6 Å². The fourth-order valence-corrected chi connectivity index (χ4v) is 3.99. The van der Waals surface area contributed by atoms with Gasteiger partial charge in [0.1, 0.15) is 11.5 Å². The third kappa shape index (κ3) is 4.06. The van der Waals surface area contributed by atoms with E-state index < -0.39 is 37.6 Å². The maximum atomic E-state index is 13.4. The molecule has 0 aliphatic carbocycles. The number of aromatic nitrogens is 1. The quantitative estimate of drug-likeness (QED) is 0.655. The number of benzene rings is 2. The second-order valence-corrected chi connectivity index (χ2v) is 8.02. The summed E-state index contributed by atoms with van der Waals surface area (Å²) < 4.78 is 79.4. The molecule has 30 heavy (non-hydrogen) atoms. The summed E-state index contributed by atoms with van der Waals surface area (Å²) in [6.45, 7) is 0. The number of hydrogen-bond acceptors (Lipinski definition) is 5. The van der Waals surface area contributed by atoms with Crippen molar-refractivity contribution in [1.82, 2.24) is 4.57 Å². The molecule has 1 heterocycles. The number of alkyl halides is 3. The fraction of sp³-hybridized carbons (Fsp3) is 0.211. The summed E-state index contributed by atoms with van der Waals surface area (Å²) in [5.74, 6) is 0.639. The minimum absolute atomic E-state index is 0.0446. The van der Waals surface area contributed by atoms with Crippen molar-refractivity contribution >= 4 is 26.6 Å². The van der Waals surface area contributed by atoms with Gasteiger partial charge in [0, 0.05) is 36.7 Å². The van der Waals surface area contributed by atoms with E-state index in [1.165, 1.54) is 39.5 Å². The molecule has 0 saturated carbocycles. The predicted octanol–water partition coefficient (Wildman–Crippen LogP) is 3.38. The summed E-state index contributed by atoms with van der Waals surface area (Å²) in [4.78, 5) is 11.5. The smallest absolute Gasteiger partial charge is 0.417 e. The van der Waals surface area contributed by atoms with Crippen molar-refractivity contribution in [3.8, 4) is 11.5 Å². The van der Waals surface area contributed by atoms with Crippen LogP contribution in [-0.4, -0.2) is 27.2 Å². The summed E-state index contributed by atoms with van der Waals surface area (Å²) in [6, 6.07) is 7.94. The molecule has 3 aromatic rings. The van der Waals surface area contributed by atoms with Crippen molar-refractivity contribution in [3.63, 3.8) is 0 Å². The van der Waals surface area contributed by atoms with Gasteiger partial charge in [-0.05, 0) is 18.2 Å². The summed E-state index contributed by atoms with van der Waals surface area (Å²) in [7, 11) is -0.174. The largest absolute Gasteiger partial charge is 0.497 e. The van der Waals surface area contributed by atoms with Crippen molar-refractivity contribution in [2.24, 2.45) is 7.05 Å². The summed E-state index contributed by atoms with van der Waals surface area (Å²) in [6.07, 6.45) is -4.83. The van der Waals surface area contributed by atoms with Crippen molar-refractivity contribution in [1.29, 1.82) is 0 Å². The lowest BCUT2D eigenvalue weighted by Crippen LogP contribution is -2.21. The molecule has 0 aliphatic rings. The highest BCUT2D eigenvalue weighted by Crippen LogP contribution is 2.35. The Morgan fingerprint density at radius 3 is 2.10 bits per heavy atom. The van der Waals surface area contributed by atoms with E-state index >= 15 is 0 Å². The zero-order chi connectivity index (χ0) is 22.3. The normalized spacial score (nSPS) is 12.1. The molecule has 0 radical (unpaired) electrons. The van der Waals surface area contributed by atoms with Crippen molar-refractivity contribution in [3.05, 3.63) is 58.4 Å². The first-order chi connectivity index (χ1) is 14.0. The summed E-state index contributed by atoms with van der Waals surface area (Å²) >= 11 is 0. The van der Waals surface area contributed by atoms with Crippen LogP contribution in [0.25, 0.3) is 10.9 Å². The number of nitrogens with one attached hydrogen (secondary N) is 1. The van der Waals surface area contributed by atoms with Crippen LogP contribution in [0, 0.1) is 0 Å². The number of aryl methyl sites for hydroxylation is 1. The van der Waals surface area contributed by atoms with Crippen LogP contribution >= 0.6 is 0 Å². The molecule has 0 saturated heterocycles. The van der Waals surface area contributed by atoms with Crippen LogP contribution in [0.5, 0.6) is 11.5 Å². The molecule has 0 spiro atoms. The Hall–Kier alpha value is -3.21. The molecule has 0 amide bonds. The Kier molecular flexibility index (Phi) is 5.42. The average Bonchev–Trinajstić information content (AvgIpc) is 2.68. The van der Waals surface area contributed by atoms with Crippen LogP contribution in [0.4, 0.5) is 18.9 Å². The predicted molar refractivity (Wildman–Crippen MR) is 105 cm³/mol. The van der Waals surface area contributed by atoms with Crippen LogP contribution in [0.2, 0.25) is 0 Å². The molecule has 1 N–H and O–H groups in total. The molecule has 160 valence electrons. The second kappa shape index (κ2) is 7.56. The van der Waals surface area contributed by atoms with Gasteiger partial charge in [-0.25, -0.2) is 8.42 Å². The second-order valence-electron chi connectivity index (χ2n) is 6.34. The van der Waals surface area contributed by atoms with Gasteiger partial charge >= 0.3 is 6.18 Å². The first-order valence-corrected chi connectivity index (χ1v) is 9.91. The van der Waals surface area contributed by atoms with Gasteiger partial charge in [0.2, 0.25) is 0 Å². The van der Waals surface area contributed by atoms with E-state index in [0.717, 1.165) is 22.8 Å². The molecule has 1 aromatic heterocycles. The molecule has 3 rings (SSSR count). The first kappa shape index (κ1) is 21.5. The van der Waals surface area contributed by atoms with Crippen LogP contribution in [0.3, 0.4) is 0 Å². The van der Waals surface area contributed by atoms with E-state index in [4.69, 9.17) is 9.47 Å². The number of rotatable bonds is 5. The SMILES string of the molecule is COc1cc(NS(=O)(=O)c2ccc3c(c2)c(C(F)(F)F)cc(=O)n3C)cc(OC)c1. The van der Waals surface area contributed by atoms with Gasteiger partial charge in [-0.15, -0.1) is 0 Å². The van der Waals surface area contributed by atoms with E-state index in [9.17, 15) is 26.4 Å². The average molecular weight is 442 g/mol. The highest BCUT2D eigenvalue weighted by Gasteiger charge is 2.34. The zero-order valence-electron chi connectivity index (χ0n) is 16.1. The first-order valence-electron chi connectivity index (χ1n) is 8.43. The summed E-state index contributed by atoms with van der Waals surface area (Å²) in [5.41, 5.74) is -2.01. The van der Waals surface area contributed by atoms with Gasteiger partial charge in [-0.1, -0.05) is 0 Å². The molecule has 7 nitrogen and oxygen atoms in total. The molecule has 0 bridgehead atoms. The maximum Gasteiger partial charge on any atom is 0.417 e. The van der Waals surface area contributed by atoms with Crippen molar-refractivity contribution in [2.75, 3.05) is 18.9 Å². The third-order valence-electron chi connectivity index (χ3n) is 4.44. The minimum Gasteiger partial charge on any atom is -0.497 e. The van der Waals surface area contributed by atoms with Gasteiger partial charge in [-0.3, -0.25) is 9.52 Å². The zero-order valence-corrected chi connectivity index (χ0v) is 16.9. The molecule has 0 unspecified atom stereocenters. The maximum absolute atomic E-state index is 13.4. The standard InChI is InChI=1S/C19H17F3N2O5S/c1-24-17-5-4-14(9-15(17)16(10-18(24)25)19(20,21)22)30(26,27)23-11-6-12(28-2)8-13(7-11)29-3/h4-10,23H,1-3H3. The van der Waals surface area contributed by atoms with E-state index in [-0.39, 0.29) is 11.2 Å². The third-order valence-corrected chi connectivity index (χ3v) is 5.82. The number of hydrogen-bond donors (Lipinski definition) is 1. The number of nitrogens with zero attached hydrogens (tertiary/aromatic N) is 1. The van der Waals surface area contributed by atoms with E-state index in [1.807, 2.05) is 0 Å². The number of methoxy groups -OCH3 is 2. The number of ether oxygens (including phenoxy) is 2. The Balaban J connectivity index is 2.14. The number of anilines is 1. The van der Waals surface area contributed by atoms with Crippen LogP contribution in [0.1, 0.15) is 5.56 Å². The Labute approximate surface area is 169 Å². The molecular weight excluding hydrogens is 425 g/mol. The number of pyridine rings is 1. The molecule has 2 aromatic carbocycles. The van der Waals surface area contributed by atoms with Gasteiger partial charge in [0.15, 0.2) is 0 Å². The fourth-order valence-electron chi connectivity index (χ4n) is 2.92. The van der Waals surface area contributed by atoms with Gasteiger partial charge in [0.05, 0.1) is 35.9 Å². The highest BCUT2D eigenvalue weighted by atomic mass is 32.2. The van der Waals surface area contributed by atoms with E-state index in [2.05, 4.69) is 4.72 Å². The van der Waals surface area contributed by atoms with Crippen molar-refractivity contribution in [2.45, 2.75) is 11.1 Å². The van der Waals surface area contributed by atoms with Crippen LogP contribution in [-0.2, 0) is 23.2 Å². The molecule has 0 atom stereocenters. The summed E-state index contributed by atoms with van der Waals surface area (Å²) in [5, 5.41) is -0.407. The van der Waals surface area contributed by atoms with Gasteiger partial charge in [-0.2, -0.15) is 13.2 Å². The molecule has 11 heteroatoms. The number of halogens is 3. The lowest BCUT2D eigenvalue weighted by Gasteiger charge is -2.15. The van der Waals surface area contributed by atoms with Crippen LogP contribution in [0.15, 0.2) is 52.2 Å². The molecular formula is C19H17F3N2O5S. The van der Waals surface area contributed by atoms with Gasteiger partial charge < -0.3 is 14.0 Å². The number of sulfonamides is 1. The Bertz CT molecular complexity index is 1260. The van der Waals surface area contributed by atoms with E-state index in [1.54, 1.807) is 0 Å². The monoisotopic (exact) mass is 442 g/mol.